The van der Waals surface area contributed by atoms with Gasteiger partial charge in [0.15, 0.2) is 0 Å². The smallest absolute Gasteiger partial charge is 0 e. The van der Waals surface area contributed by atoms with E-state index in [-0.39, 0.29) is 155 Å². The van der Waals surface area contributed by atoms with Crippen molar-refractivity contribution in [2.45, 2.75) is 0 Å². The molecule has 0 aromatic heterocycles. The van der Waals surface area contributed by atoms with Gasteiger partial charge in [0.2, 0.25) is 0 Å². The van der Waals surface area contributed by atoms with Gasteiger partial charge in [-0.05, 0) is 0 Å². The fraction of sp³-hybridized carbons (Fsp3) is 0. The summed E-state index contributed by atoms with van der Waals surface area (Å²) >= 11 is 0. The normalized spacial score (nSPS) is 0. The molecule has 7 heteroatoms. The van der Waals surface area contributed by atoms with Crippen LogP contribution in [0.1, 0.15) is 0 Å². The van der Waals surface area contributed by atoms with Crippen molar-refractivity contribution in [1.82, 2.24) is 0 Å². The van der Waals surface area contributed by atoms with Crippen molar-refractivity contribution in [1.29, 1.82) is 0 Å². The van der Waals surface area contributed by atoms with E-state index < -0.39 is 0 Å². The van der Waals surface area contributed by atoms with E-state index in [1.165, 1.54) is 0 Å². The number of hydrogen-bond acceptors (Lipinski definition) is 0. The minimum Gasteiger partial charge on any atom is 0 e. The molecule has 0 bridgehead atoms. The maximum atomic E-state index is 0. The zero-order valence-corrected chi connectivity index (χ0v) is 16.6. The fourth-order valence-corrected chi connectivity index (χ4v) is 0. The summed E-state index contributed by atoms with van der Waals surface area (Å²) in [5, 5.41) is 0. The van der Waals surface area contributed by atoms with E-state index >= 15 is 0 Å². The van der Waals surface area contributed by atoms with Gasteiger partial charge in [-0.15, -0.1) is 0 Å². The van der Waals surface area contributed by atoms with Gasteiger partial charge in [0.05, 0.1) is 0 Å². The minimum atomic E-state index is 0. The zero-order chi connectivity index (χ0) is 0. The van der Waals surface area contributed by atoms with Gasteiger partial charge < -0.3 is 0 Å². The topological polar surface area (TPSA) is 0 Å². The van der Waals surface area contributed by atoms with Crippen LogP contribution in [-0.2, 0) is 0 Å². The summed E-state index contributed by atoms with van der Waals surface area (Å²) in [5.74, 6) is 0. The summed E-state index contributed by atoms with van der Waals surface area (Å²) in [6, 6.07) is 0. The molecule has 0 amide bonds. The van der Waals surface area contributed by atoms with E-state index in [9.17, 15) is 0 Å². The van der Waals surface area contributed by atoms with Gasteiger partial charge in [-0.2, -0.15) is 0 Å². The van der Waals surface area contributed by atoms with E-state index in [4.69, 9.17) is 0 Å². The third-order valence-electron chi connectivity index (χ3n) is 0. The molecule has 16 radical (unpaired) electrons. The second kappa shape index (κ2) is 43.5. The van der Waals surface area contributed by atoms with Gasteiger partial charge in [0, 0.05) is 155 Å². The Morgan fingerprint density at radius 1 is 0.286 bits per heavy atom. The maximum Gasteiger partial charge on any atom is 0 e. The van der Waals surface area contributed by atoms with E-state index in [0.29, 0.717) is 0 Å². The molecule has 0 nitrogen and oxygen atoms in total. The minimum absolute atomic E-state index is 0. The molecule has 0 aromatic carbocycles. The summed E-state index contributed by atoms with van der Waals surface area (Å²) in [5.41, 5.74) is 0. The van der Waals surface area contributed by atoms with Crippen LogP contribution in [0.4, 0.5) is 0 Å². The first kappa shape index (κ1) is 57.3. The average molecular weight is 261 g/mol. The molecule has 16 valence electrons. The first-order valence-corrected chi connectivity index (χ1v) is 0. The quantitative estimate of drug-likeness (QED) is 0.417. The molecule has 0 aromatic rings. The first-order chi connectivity index (χ1) is 0. The Morgan fingerprint density at radius 3 is 0.286 bits per heavy atom. The monoisotopic (exact) mass is 258 g/mol. The second-order valence-corrected chi connectivity index (χ2v) is 0. The second-order valence-electron chi connectivity index (χ2n) is 0. The van der Waals surface area contributed by atoms with Gasteiger partial charge in [0.1, 0.15) is 0 Å². The van der Waals surface area contributed by atoms with Gasteiger partial charge in [-0.1, -0.05) is 0 Å². The average Bonchev–Trinajstić information content (AvgIpc) is 0. The van der Waals surface area contributed by atoms with Crippen LogP contribution in [0, 0.1) is 0 Å². The van der Waals surface area contributed by atoms with Crippen LogP contribution in [0.5, 0.6) is 0 Å². The Labute approximate surface area is 151 Å². The van der Waals surface area contributed by atoms with Crippen molar-refractivity contribution in [2.24, 2.45) is 0 Å². The summed E-state index contributed by atoms with van der Waals surface area (Å²) in [4.78, 5) is 0. The molecule has 0 aliphatic carbocycles. The van der Waals surface area contributed by atoms with Crippen LogP contribution in [-0.4, -0.2) is 155 Å². The molecule has 0 rings (SSSR count). The predicted molar refractivity (Wildman–Crippen MR) is 40.3 cm³/mol. The largest absolute Gasteiger partial charge is 0 e. The molecule has 0 aliphatic heterocycles. The maximum absolute atomic E-state index is 0. The molecule has 0 fully saturated rings. The Kier molecular flexibility index (Phi) is 356. The van der Waals surface area contributed by atoms with Gasteiger partial charge in [-0.25, -0.2) is 0 Å². The summed E-state index contributed by atoms with van der Waals surface area (Å²) in [6.45, 7) is 0. The van der Waals surface area contributed by atoms with Crippen LogP contribution in [0.2, 0.25) is 0 Å². The van der Waals surface area contributed by atoms with Crippen LogP contribution in [0.25, 0.3) is 0 Å². The van der Waals surface area contributed by atoms with E-state index in [0.717, 1.165) is 0 Å². The molecule has 0 atom stereocenters. The molecule has 0 N–H and O–H groups in total. The first-order valence-electron chi connectivity index (χ1n) is 0. The zero-order valence-electron chi connectivity index (χ0n) is 4.69. The van der Waals surface area contributed by atoms with Crippen molar-refractivity contribution < 1.29 is 0 Å². The molecular weight excluding hydrogens is 261 g/mol. The Bertz CT molecular complexity index is 6.04. The Hall–Kier alpha value is 5.10. The fourth-order valence-electron chi connectivity index (χ4n) is 0. The van der Waals surface area contributed by atoms with Crippen LogP contribution in [0.15, 0.2) is 0 Å². The summed E-state index contributed by atoms with van der Waals surface area (Å²) < 4.78 is 0. The van der Waals surface area contributed by atoms with E-state index in [2.05, 4.69) is 0 Å². The van der Waals surface area contributed by atoms with Gasteiger partial charge >= 0.3 is 0 Å². The van der Waals surface area contributed by atoms with Crippen molar-refractivity contribution in [2.75, 3.05) is 0 Å². The Morgan fingerprint density at radius 2 is 0.286 bits per heavy atom. The molecular formula is Ga2Mg5. The standard InChI is InChI=1S/2Ga.5Mg. The molecule has 0 spiro atoms. The predicted octanol–water partition coefficient (Wildman–Crippen LogP) is -2.67. The summed E-state index contributed by atoms with van der Waals surface area (Å²) in [7, 11) is 0. The third kappa shape index (κ3) is 35.3. The van der Waals surface area contributed by atoms with Crippen LogP contribution in [0.3, 0.4) is 0 Å². The Balaban J connectivity index is 0. The van der Waals surface area contributed by atoms with E-state index in [1.807, 2.05) is 0 Å². The SMILES string of the molecule is [Ga].[Ga].[Mg].[Mg].[Mg].[Mg].[Mg]. The molecule has 7 heavy (non-hydrogen) atoms. The molecule has 0 saturated carbocycles. The number of rotatable bonds is 0. The van der Waals surface area contributed by atoms with Crippen LogP contribution >= 0.6 is 0 Å². The molecule has 0 unspecified atom stereocenters. The molecule has 0 saturated heterocycles. The van der Waals surface area contributed by atoms with Crippen molar-refractivity contribution in [3.63, 3.8) is 0 Å². The molecule has 0 heterocycles. The van der Waals surface area contributed by atoms with E-state index in [1.54, 1.807) is 0 Å². The number of hydrogen-bond donors (Lipinski definition) is 0. The third-order valence-corrected chi connectivity index (χ3v) is 0. The summed E-state index contributed by atoms with van der Waals surface area (Å²) in [6.07, 6.45) is 0. The van der Waals surface area contributed by atoms with Gasteiger partial charge in [0.25, 0.3) is 0 Å². The van der Waals surface area contributed by atoms with Crippen LogP contribution < -0.4 is 0 Å². The molecule has 0 aliphatic rings. The van der Waals surface area contributed by atoms with Crippen molar-refractivity contribution in [3.8, 4) is 0 Å². The van der Waals surface area contributed by atoms with Crippen molar-refractivity contribution in [3.05, 3.63) is 0 Å². The van der Waals surface area contributed by atoms with Crippen molar-refractivity contribution >= 4 is 155 Å². The van der Waals surface area contributed by atoms with Gasteiger partial charge in [-0.3, -0.25) is 0 Å².